The number of nitrogens with two attached hydrogens (primary N) is 1. The van der Waals surface area contributed by atoms with Crippen molar-refractivity contribution in [3.05, 3.63) is 59.8 Å². The number of aryl methyl sites for hydroxylation is 1. The lowest BCUT2D eigenvalue weighted by Gasteiger charge is -2.03. The maximum atomic E-state index is 10.8. The second-order valence-electron chi connectivity index (χ2n) is 4.93. The summed E-state index contributed by atoms with van der Waals surface area (Å²) in [5, 5.41) is 0.844. The van der Waals surface area contributed by atoms with E-state index in [1.165, 1.54) is 6.20 Å². The van der Waals surface area contributed by atoms with Gasteiger partial charge in [-0.1, -0.05) is 12.1 Å². The molecule has 0 saturated heterocycles. The molecule has 6 heteroatoms. The summed E-state index contributed by atoms with van der Waals surface area (Å²) in [6.45, 7) is 1.92. The first-order chi connectivity index (χ1) is 11.1. The SMILES string of the molecule is Cc1ccnc(/C=C/c2ccc3ncc(OC(N)=O)cc3c2)n1. The maximum absolute atomic E-state index is 10.8. The fourth-order valence-electron chi connectivity index (χ4n) is 2.12. The Balaban J connectivity index is 1.90. The normalized spacial score (nSPS) is 11.0. The minimum Gasteiger partial charge on any atom is -0.409 e. The van der Waals surface area contributed by atoms with Crippen LogP contribution in [0.3, 0.4) is 0 Å². The molecule has 0 radical (unpaired) electrons. The number of aromatic nitrogens is 3. The van der Waals surface area contributed by atoms with E-state index >= 15 is 0 Å². The predicted octanol–water partition coefficient (Wildman–Crippen LogP) is 2.96. The van der Waals surface area contributed by atoms with Crippen LogP contribution in [0, 0.1) is 6.92 Å². The third kappa shape index (κ3) is 3.68. The number of hydrogen-bond acceptors (Lipinski definition) is 5. The lowest BCUT2D eigenvalue weighted by molar-refractivity contribution is 0.211. The van der Waals surface area contributed by atoms with E-state index < -0.39 is 6.09 Å². The summed E-state index contributed by atoms with van der Waals surface area (Å²) >= 11 is 0. The van der Waals surface area contributed by atoms with Crippen LogP contribution in [0.25, 0.3) is 23.1 Å². The van der Waals surface area contributed by atoms with Gasteiger partial charge < -0.3 is 10.5 Å². The molecule has 0 aliphatic carbocycles. The van der Waals surface area contributed by atoms with Crippen LogP contribution in [0.1, 0.15) is 17.1 Å². The molecule has 2 N–H and O–H groups in total. The molecular formula is C17H14N4O2. The molecule has 2 aromatic heterocycles. The van der Waals surface area contributed by atoms with Gasteiger partial charge in [-0.3, -0.25) is 4.98 Å². The van der Waals surface area contributed by atoms with Crippen molar-refractivity contribution >= 4 is 29.1 Å². The number of hydrogen-bond donors (Lipinski definition) is 1. The van der Waals surface area contributed by atoms with Gasteiger partial charge >= 0.3 is 6.09 Å². The summed E-state index contributed by atoms with van der Waals surface area (Å²) < 4.78 is 4.84. The highest BCUT2D eigenvalue weighted by molar-refractivity contribution is 5.84. The Morgan fingerprint density at radius 2 is 2.04 bits per heavy atom. The number of fused-ring (bicyclic) bond motifs is 1. The average Bonchev–Trinajstić information content (AvgIpc) is 2.52. The van der Waals surface area contributed by atoms with Crippen LogP contribution in [-0.4, -0.2) is 21.0 Å². The van der Waals surface area contributed by atoms with Gasteiger partial charge in [0.1, 0.15) is 0 Å². The second kappa shape index (κ2) is 6.23. The van der Waals surface area contributed by atoms with E-state index in [0.29, 0.717) is 11.6 Å². The molecule has 0 aliphatic rings. The first-order valence-electron chi connectivity index (χ1n) is 6.95. The average molecular weight is 306 g/mol. The summed E-state index contributed by atoms with van der Waals surface area (Å²) in [5.74, 6) is 0.960. The van der Waals surface area contributed by atoms with Crippen LogP contribution in [0.2, 0.25) is 0 Å². The van der Waals surface area contributed by atoms with E-state index in [0.717, 1.165) is 22.2 Å². The van der Waals surface area contributed by atoms with Crippen molar-refractivity contribution in [2.75, 3.05) is 0 Å². The highest BCUT2D eigenvalue weighted by Gasteiger charge is 2.02. The molecule has 1 amide bonds. The molecule has 0 unspecified atom stereocenters. The zero-order chi connectivity index (χ0) is 16.2. The van der Waals surface area contributed by atoms with Gasteiger partial charge in [0.2, 0.25) is 0 Å². The maximum Gasteiger partial charge on any atom is 0.410 e. The van der Waals surface area contributed by atoms with Gasteiger partial charge in [-0.2, -0.15) is 0 Å². The van der Waals surface area contributed by atoms with E-state index in [1.807, 2.05) is 43.3 Å². The van der Waals surface area contributed by atoms with Gasteiger partial charge in [-0.15, -0.1) is 0 Å². The summed E-state index contributed by atoms with van der Waals surface area (Å²) in [4.78, 5) is 23.5. The summed E-state index contributed by atoms with van der Waals surface area (Å²) in [6.07, 6.45) is 6.07. The smallest absolute Gasteiger partial charge is 0.409 e. The summed E-state index contributed by atoms with van der Waals surface area (Å²) in [6, 6.07) is 9.33. The molecule has 1 aromatic carbocycles. The molecule has 2 heterocycles. The molecule has 3 aromatic rings. The van der Waals surface area contributed by atoms with Crippen LogP contribution in [0.5, 0.6) is 5.75 Å². The van der Waals surface area contributed by atoms with Gasteiger partial charge in [0.15, 0.2) is 11.6 Å². The minimum absolute atomic E-state index is 0.313. The Bertz CT molecular complexity index is 906. The number of primary amides is 1. The van der Waals surface area contributed by atoms with Crippen molar-refractivity contribution in [1.82, 2.24) is 15.0 Å². The highest BCUT2D eigenvalue weighted by atomic mass is 16.5. The summed E-state index contributed by atoms with van der Waals surface area (Å²) in [7, 11) is 0. The molecule has 0 fully saturated rings. The molecule has 0 aliphatic heterocycles. The van der Waals surface area contributed by atoms with E-state index in [2.05, 4.69) is 15.0 Å². The standard InChI is InChI=1S/C17H14N4O2/c1-11-6-7-19-16(21-11)5-3-12-2-4-15-13(8-12)9-14(10-20-15)23-17(18)22/h2-10H,1H3,(H2,18,22)/b5-3+. The molecule has 0 spiro atoms. The molecule has 0 atom stereocenters. The van der Waals surface area contributed by atoms with Crippen LogP contribution >= 0.6 is 0 Å². The monoisotopic (exact) mass is 306 g/mol. The number of carbonyl (C=O) groups is 1. The zero-order valence-corrected chi connectivity index (χ0v) is 12.4. The minimum atomic E-state index is -0.862. The van der Waals surface area contributed by atoms with Crippen LogP contribution < -0.4 is 10.5 Å². The number of carbonyl (C=O) groups excluding carboxylic acids is 1. The van der Waals surface area contributed by atoms with Crippen LogP contribution in [-0.2, 0) is 0 Å². The number of amides is 1. The first kappa shape index (κ1) is 14.6. The second-order valence-corrected chi connectivity index (χ2v) is 4.93. The van der Waals surface area contributed by atoms with Crippen molar-refractivity contribution in [2.24, 2.45) is 5.73 Å². The Kier molecular flexibility index (Phi) is 3.97. The fourth-order valence-corrected chi connectivity index (χ4v) is 2.12. The molecule has 0 saturated carbocycles. The Morgan fingerprint density at radius 3 is 2.83 bits per heavy atom. The lowest BCUT2D eigenvalue weighted by atomic mass is 10.1. The molecule has 114 valence electrons. The van der Waals surface area contributed by atoms with Gasteiger partial charge in [0.25, 0.3) is 0 Å². The van der Waals surface area contributed by atoms with Crippen molar-refractivity contribution in [2.45, 2.75) is 6.92 Å². The third-order valence-corrected chi connectivity index (χ3v) is 3.14. The van der Waals surface area contributed by atoms with E-state index in [4.69, 9.17) is 10.5 Å². The van der Waals surface area contributed by atoms with E-state index in [-0.39, 0.29) is 0 Å². The topological polar surface area (TPSA) is 91.0 Å². The van der Waals surface area contributed by atoms with Crippen molar-refractivity contribution < 1.29 is 9.53 Å². The summed E-state index contributed by atoms with van der Waals surface area (Å²) in [5.41, 5.74) is 7.68. The Morgan fingerprint density at radius 1 is 1.17 bits per heavy atom. The zero-order valence-electron chi connectivity index (χ0n) is 12.4. The number of pyridine rings is 1. The lowest BCUT2D eigenvalue weighted by Crippen LogP contribution is -2.16. The Labute approximate surface area is 132 Å². The molecule has 6 nitrogen and oxygen atoms in total. The van der Waals surface area contributed by atoms with E-state index in [1.54, 1.807) is 12.3 Å². The molecule has 23 heavy (non-hydrogen) atoms. The molecule has 3 rings (SSSR count). The van der Waals surface area contributed by atoms with Gasteiger partial charge in [-0.25, -0.2) is 14.8 Å². The quantitative estimate of drug-likeness (QED) is 0.803. The van der Waals surface area contributed by atoms with Crippen molar-refractivity contribution in [1.29, 1.82) is 0 Å². The largest absolute Gasteiger partial charge is 0.410 e. The van der Waals surface area contributed by atoms with Crippen LogP contribution in [0.4, 0.5) is 4.79 Å². The number of ether oxygens (including phenoxy) is 1. The van der Waals surface area contributed by atoms with Gasteiger partial charge in [0.05, 0.1) is 11.7 Å². The highest BCUT2D eigenvalue weighted by Crippen LogP contribution is 2.20. The van der Waals surface area contributed by atoms with E-state index in [9.17, 15) is 4.79 Å². The fraction of sp³-hybridized carbons (Fsp3) is 0.0588. The molecule has 0 bridgehead atoms. The number of nitrogens with zero attached hydrogens (tertiary/aromatic N) is 3. The van der Waals surface area contributed by atoms with Gasteiger partial charge in [-0.05, 0) is 42.8 Å². The van der Waals surface area contributed by atoms with Gasteiger partial charge in [0, 0.05) is 17.3 Å². The first-order valence-corrected chi connectivity index (χ1v) is 6.95. The van der Waals surface area contributed by atoms with Crippen LogP contribution in [0.15, 0.2) is 42.7 Å². The number of rotatable bonds is 3. The van der Waals surface area contributed by atoms with Crippen molar-refractivity contribution in [3.63, 3.8) is 0 Å². The number of benzene rings is 1. The predicted molar refractivity (Wildman–Crippen MR) is 87.7 cm³/mol. The molecular weight excluding hydrogens is 292 g/mol. The van der Waals surface area contributed by atoms with Crippen molar-refractivity contribution in [3.8, 4) is 5.75 Å². The Hall–Kier alpha value is -3.28. The third-order valence-electron chi connectivity index (χ3n) is 3.14.